The second-order valence-corrected chi connectivity index (χ2v) is 3.51. The maximum absolute atomic E-state index is 5.78. The highest BCUT2D eigenvalue weighted by Crippen LogP contribution is 2.18. The molecule has 0 amide bonds. The first-order chi connectivity index (χ1) is 7.27. The van der Waals surface area contributed by atoms with Crippen molar-refractivity contribution < 1.29 is 0 Å². The second-order valence-electron chi connectivity index (χ2n) is 3.51. The predicted octanol–water partition coefficient (Wildman–Crippen LogP) is 2.59. The van der Waals surface area contributed by atoms with Gasteiger partial charge in [-0.15, -0.1) is 12.4 Å². The van der Waals surface area contributed by atoms with Crippen molar-refractivity contribution in [2.24, 2.45) is 5.73 Å². The van der Waals surface area contributed by atoms with Crippen LogP contribution in [0.25, 0.3) is 11.3 Å². The van der Waals surface area contributed by atoms with Gasteiger partial charge in [-0.25, -0.2) is 9.97 Å². The maximum Gasteiger partial charge on any atom is 0.116 e. The van der Waals surface area contributed by atoms with Crippen LogP contribution in [0.5, 0.6) is 0 Å². The molecule has 0 radical (unpaired) electrons. The molecular weight excluding hydrogens is 222 g/mol. The summed E-state index contributed by atoms with van der Waals surface area (Å²) < 4.78 is 0. The minimum absolute atomic E-state index is 0. The molecule has 0 saturated carbocycles. The highest BCUT2D eigenvalue weighted by Gasteiger charge is 2.01. The largest absolute Gasteiger partial charge is 0.324 e. The van der Waals surface area contributed by atoms with Gasteiger partial charge in [0, 0.05) is 17.8 Å². The van der Waals surface area contributed by atoms with E-state index in [9.17, 15) is 0 Å². The van der Waals surface area contributed by atoms with Gasteiger partial charge in [0.2, 0.25) is 0 Å². The summed E-state index contributed by atoms with van der Waals surface area (Å²) >= 11 is 0. The average Bonchev–Trinajstić information content (AvgIpc) is 2.30. The van der Waals surface area contributed by atoms with Gasteiger partial charge in [-0.2, -0.15) is 0 Å². The van der Waals surface area contributed by atoms with E-state index in [2.05, 4.69) is 9.97 Å². The lowest BCUT2D eigenvalue weighted by atomic mass is 10.1. The second kappa shape index (κ2) is 5.58. The normalized spacial score (nSPS) is 11.6. The summed E-state index contributed by atoms with van der Waals surface area (Å²) in [5, 5.41) is 0. The number of aromatic nitrogens is 2. The highest BCUT2D eigenvalue weighted by molar-refractivity contribution is 5.85. The molecule has 0 aliphatic rings. The van der Waals surface area contributed by atoms with Gasteiger partial charge in [-0.05, 0) is 18.6 Å². The Bertz CT molecular complexity index is 426. The molecule has 0 spiro atoms. The number of hydrogen-bond donors (Lipinski definition) is 1. The van der Waals surface area contributed by atoms with E-state index in [-0.39, 0.29) is 18.4 Å². The van der Waals surface area contributed by atoms with Gasteiger partial charge in [0.15, 0.2) is 0 Å². The van der Waals surface area contributed by atoms with Crippen LogP contribution >= 0.6 is 12.4 Å². The van der Waals surface area contributed by atoms with Crippen molar-refractivity contribution in [1.82, 2.24) is 9.97 Å². The Balaban J connectivity index is 0.00000128. The fraction of sp³-hybridized carbons (Fsp3) is 0.167. The predicted molar refractivity (Wildman–Crippen MR) is 67.3 cm³/mol. The minimum Gasteiger partial charge on any atom is -0.324 e. The molecule has 16 heavy (non-hydrogen) atoms. The maximum atomic E-state index is 5.78. The molecule has 1 unspecified atom stereocenters. The number of halogens is 1. The Morgan fingerprint density at radius 1 is 1.12 bits per heavy atom. The Morgan fingerprint density at radius 3 is 2.31 bits per heavy atom. The number of benzene rings is 1. The molecular formula is C12H14ClN3. The number of hydrogen-bond acceptors (Lipinski definition) is 3. The Labute approximate surface area is 101 Å². The monoisotopic (exact) mass is 235 g/mol. The van der Waals surface area contributed by atoms with Crippen molar-refractivity contribution in [2.75, 3.05) is 0 Å². The van der Waals surface area contributed by atoms with Crippen molar-refractivity contribution in [1.29, 1.82) is 0 Å². The molecule has 0 bridgehead atoms. The summed E-state index contributed by atoms with van der Waals surface area (Å²) in [5.41, 5.74) is 8.93. The molecule has 0 fully saturated rings. The van der Waals surface area contributed by atoms with Gasteiger partial charge in [0.05, 0.1) is 5.69 Å². The summed E-state index contributed by atoms with van der Waals surface area (Å²) in [4.78, 5) is 8.07. The van der Waals surface area contributed by atoms with E-state index in [4.69, 9.17) is 5.73 Å². The van der Waals surface area contributed by atoms with Crippen LogP contribution in [0.3, 0.4) is 0 Å². The molecule has 2 aromatic rings. The van der Waals surface area contributed by atoms with Crippen LogP contribution in [0.4, 0.5) is 0 Å². The van der Waals surface area contributed by atoms with Crippen molar-refractivity contribution in [3.63, 3.8) is 0 Å². The van der Waals surface area contributed by atoms with Gasteiger partial charge in [-0.1, -0.05) is 24.3 Å². The molecule has 2 rings (SSSR count). The van der Waals surface area contributed by atoms with Crippen LogP contribution in [0.2, 0.25) is 0 Å². The molecule has 4 heteroatoms. The molecule has 1 aromatic carbocycles. The molecule has 3 nitrogen and oxygen atoms in total. The average molecular weight is 236 g/mol. The topological polar surface area (TPSA) is 51.8 Å². The zero-order valence-corrected chi connectivity index (χ0v) is 9.82. The standard InChI is InChI=1S/C12H13N3.ClH/c1-9(13)10-2-4-11(5-3-10)12-6-7-14-8-15-12;/h2-9H,13H2,1H3;1H. The lowest BCUT2D eigenvalue weighted by Gasteiger charge is -2.06. The summed E-state index contributed by atoms with van der Waals surface area (Å²) in [6.07, 6.45) is 3.29. The van der Waals surface area contributed by atoms with Gasteiger partial charge < -0.3 is 5.73 Å². The van der Waals surface area contributed by atoms with Crippen LogP contribution in [0, 0.1) is 0 Å². The number of nitrogens with two attached hydrogens (primary N) is 1. The summed E-state index contributed by atoms with van der Waals surface area (Å²) in [6.45, 7) is 1.97. The first-order valence-electron chi connectivity index (χ1n) is 4.89. The van der Waals surface area contributed by atoms with Crippen LogP contribution in [-0.4, -0.2) is 9.97 Å². The van der Waals surface area contributed by atoms with Crippen LogP contribution < -0.4 is 5.73 Å². The molecule has 0 aliphatic carbocycles. The van der Waals surface area contributed by atoms with E-state index in [1.165, 1.54) is 0 Å². The Hall–Kier alpha value is -1.45. The first kappa shape index (κ1) is 12.6. The molecule has 0 aliphatic heterocycles. The van der Waals surface area contributed by atoms with Crippen molar-refractivity contribution in [3.8, 4) is 11.3 Å². The third kappa shape index (κ3) is 2.78. The molecule has 0 saturated heterocycles. The smallest absolute Gasteiger partial charge is 0.116 e. The first-order valence-corrected chi connectivity index (χ1v) is 4.89. The lowest BCUT2D eigenvalue weighted by molar-refractivity contribution is 0.818. The third-order valence-electron chi connectivity index (χ3n) is 2.31. The van der Waals surface area contributed by atoms with E-state index in [0.717, 1.165) is 16.8 Å². The van der Waals surface area contributed by atoms with E-state index in [0.29, 0.717) is 0 Å². The van der Waals surface area contributed by atoms with Crippen LogP contribution in [0.1, 0.15) is 18.5 Å². The van der Waals surface area contributed by atoms with Crippen molar-refractivity contribution in [2.45, 2.75) is 13.0 Å². The number of rotatable bonds is 2. The molecule has 1 heterocycles. The zero-order valence-electron chi connectivity index (χ0n) is 9.00. The van der Waals surface area contributed by atoms with E-state index in [1.54, 1.807) is 12.5 Å². The van der Waals surface area contributed by atoms with E-state index in [1.807, 2.05) is 37.3 Å². The van der Waals surface area contributed by atoms with Crippen molar-refractivity contribution in [3.05, 3.63) is 48.4 Å². The summed E-state index contributed by atoms with van der Waals surface area (Å²) in [6, 6.07) is 10.1. The summed E-state index contributed by atoms with van der Waals surface area (Å²) in [5.74, 6) is 0. The molecule has 84 valence electrons. The molecule has 2 N–H and O–H groups in total. The third-order valence-corrected chi connectivity index (χ3v) is 2.31. The van der Waals surface area contributed by atoms with Crippen molar-refractivity contribution >= 4 is 12.4 Å². The summed E-state index contributed by atoms with van der Waals surface area (Å²) in [7, 11) is 0. The van der Waals surface area contributed by atoms with E-state index >= 15 is 0 Å². The highest BCUT2D eigenvalue weighted by atomic mass is 35.5. The van der Waals surface area contributed by atoms with Gasteiger partial charge in [-0.3, -0.25) is 0 Å². The molecule has 1 atom stereocenters. The van der Waals surface area contributed by atoms with Crippen LogP contribution in [0.15, 0.2) is 42.9 Å². The van der Waals surface area contributed by atoms with Gasteiger partial charge >= 0.3 is 0 Å². The quantitative estimate of drug-likeness (QED) is 0.871. The fourth-order valence-corrected chi connectivity index (χ4v) is 1.42. The Kier molecular flexibility index (Phi) is 4.40. The fourth-order valence-electron chi connectivity index (χ4n) is 1.42. The SMILES string of the molecule is CC(N)c1ccc(-c2ccncn2)cc1.Cl. The van der Waals surface area contributed by atoms with Crippen LogP contribution in [-0.2, 0) is 0 Å². The van der Waals surface area contributed by atoms with Gasteiger partial charge in [0.25, 0.3) is 0 Å². The number of nitrogens with zero attached hydrogens (tertiary/aromatic N) is 2. The van der Waals surface area contributed by atoms with E-state index < -0.39 is 0 Å². The minimum atomic E-state index is 0. The lowest BCUT2D eigenvalue weighted by Crippen LogP contribution is -2.04. The molecule has 1 aromatic heterocycles. The zero-order chi connectivity index (χ0) is 10.7. The Morgan fingerprint density at radius 2 is 1.81 bits per heavy atom. The van der Waals surface area contributed by atoms with Gasteiger partial charge in [0.1, 0.15) is 6.33 Å².